The van der Waals surface area contributed by atoms with Crippen molar-refractivity contribution in [2.45, 2.75) is 13.0 Å². The van der Waals surface area contributed by atoms with Gasteiger partial charge in [0.25, 0.3) is 0 Å². The van der Waals surface area contributed by atoms with Crippen molar-refractivity contribution in [3.8, 4) is 0 Å². The van der Waals surface area contributed by atoms with Gasteiger partial charge in [-0.2, -0.15) is 0 Å². The SMILES string of the molecule is C=CCc1c(F)c(F)c(C[O])c(F)c1F. The van der Waals surface area contributed by atoms with Crippen LogP contribution >= 0.6 is 0 Å². The zero-order valence-electron chi connectivity index (χ0n) is 7.62. The largest absolute Gasteiger partial charge is 0.231 e. The monoisotopic (exact) mass is 219 g/mol. The highest BCUT2D eigenvalue weighted by atomic mass is 19.2. The number of hydrogen-bond acceptors (Lipinski definition) is 0. The summed E-state index contributed by atoms with van der Waals surface area (Å²) in [6.45, 7) is 1.85. The molecule has 0 unspecified atom stereocenters. The highest BCUT2D eigenvalue weighted by Gasteiger charge is 2.24. The minimum Gasteiger partial charge on any atom is -0.231 e. The van der Waals surface area contributed by atoms with Gasteiger partial charge in [0.2, 0.25) is 0 Å². The average molecular weight is 219 g/mol. The fraction of sp³-hybridized carbons (Fsp3) is 0.200. The van der Waals surface area contributed by atoms with Gasteiger partial charge in [0.15, 0.2) is 23.3 Å². The molecule has 0 saturated carbocycles. The third-order valence-electron chi connectivity index (χ3n) is 1.94. The second-order valence-corrected chi connectivity index (χ2v) is 2.85. The molecular formula is C10H7F4O. The lowest BCUT2D eigenvalue weighted by Gasteiger charge is -2.08. The first-order valence-corrected chi connectivity index (χ1v) is 4.07. The van der Waals surface area contributed by atoms with Crippen LogP contribution in [-0.4, -0.2) is 0 Å². The summed E-state index contributed by atoms with van der Waals surface area (Å²) in [5.41, 5.74) is -1.87. The van der Waals surface area contributed by atoms with Crippen LogP contribution in [0.3, 0.4) is 0 Å². The molecule has 0 atom stereocenters. The van der Waals surface area contributed by atoms with Crippen LogP contribution in [0.15, 0.2) is 12.7 Å². The van der Waals surface area contributed by atoms with Crippen molar-refractivity contribution in [2.24, 2.45) is 0 Å². The van der Waals surface area contributed by atoms with Gasteiger partial charge in [-0.1, -0.05) is 6.08 Å². The van der Waals surface area contributed by atoms with Crippen LogP contribution in [0.4, 0.5) is 17.6 Å². The molecule has 81 valence electrons. The van der Waals surface area contributed by atoms with Gasteiger partial charge in [-0.25, -0.2) is 22.7 Å². The molecular weight excluding hydrogens is 212 g/mol. The van der Waals surface area contributed by atoms with Crippen molar-refractivity contribution in [1.82, 2.24) is 0 Å². The number of rotatable bonds is 3. The van der Waals surface area contributed by atoms with E-state index in [-0.39, 0.29) is 6.42 Å². The van der Waals surface area contributed by atoms with Gasteiger partial charge in [0, 0.05) is 5.56 Å². The molecule has 0 N–H and O–H groups in total. The minimum atomic E-state index is -1.62. The van der Waals surface area contributed by atoms with E-state index in [2.05, 4.69) is 6.58 Å². The lowest BCUT2D eigenvalue weighted by atomic mass is 10.1. The summed E-state index contributed by atoms with van der Waals surface area (Å²) in [6, 6.07) is 0. The standard InChI is InChI=1S/C10H7F4O/c1-2-3-5-7(11)9(13)6(4-15)10(14)8(5)12/h2H,1,3-4H2. The van der Waals surface area contributed by atoms with Crippen LogP contribution in [0.2, 0.25) is 0 Å². The second-order valence-electron chi connectivity index (χ2n) is 2.85. The molecule has 0 heterocycles. The van der Waals surface area contributed by atoms with Gasteiger partial charge in [-0.3, -0.25) is 0 Å². The molecule has 15 heavy (non-hydrogen) atoms. The number of benzene rings is 1. The van der Waals surface area contributed by atoms with Gasteiger partial charge in [0.05, 0.1) is 5.56 Å². The predicted molar refractivity (Wildman–Crippen MR) is 44.6 cm³/mol. The molecule has 0 spiro atoms. The second kappa shape index (κ2) is 4.44. The maximum Gasteiger partial charge on any atom is 0.167 e. The first-order valence-electron chi connectivity index (χ1n) is 4.07. The van der Waals surface area contributed by atoms with Crippen LogP contribution in [0.25, 0.3) is 0 Å². The molecule has 0 aliphatic heterocycles. The van der Waals surface area contributed by atoms with E-state index in [1.807, 2.05) is 0 Å². The molecule has 1 nitrogen and oxygen atoms in total. The molecule has 1 aromatic rings. The van der Waals surface area contributed by atoms with Gasteiger partial charge in [-0.15, -0.1) is 6.58 Å². The summed E-state index contributed by atoms with van der Waals surface area (Å²) in [5.74, 6) is -6.30. The van der Waals surface area contributed by atoms with E-state index in [0.29, 0.717) is 0 Å². The molecule has 1 radical (unpaired) electrons. The molecule has 0 saturated heterocycles. The molecule has 0 aliphatic carbocycles. The van der Waals surface area contributed by atoms with E-state index in [0.717, 1.165) is 6.08 Å². The molecule has 1 rings (SSSR count). The first-order chi connectivity index (χ1) is 7.04. The Morgan fingerprint density at radius 2 is 1.33 bits per heavy atom. The van der Waals surface area contributed by atoms with Crippen molar-refractivity contribution >= 4 is 0 Å². The van der Waals surface area contributed by atoms with Gasteiger partial charge < -0.3 is 0 Å². The lowest BCUT2D eigenvalue weighted by Crippen LogP contribution is -2.07. The smallest absolute Gasteiger partial charge is 0.167 e. The Balaban J connectivity index is 3.50. The molecule has 0 bridgehead atoms. The molecule has 1 aromatic carbocycles. The van der Waals surface area contributed by atoms with Crippen LogP contribution in [-0.2, 0) is 18.1 Å². The quantitative estimate of drug-likeness (QED) is 0.423. The van der Waals surface area contributed by atoms with Crippen molar-refractivity contribution in [3.05, 3.63) is 47.1 Å². The summed E-state index contributed by atoms with van der Waals surface area (Å²) in [4.78, 5) is 0. The summed E-state index contributed by atoms with van der Waals surface area (Å²) in [7, 11) is 0. The number of hydrogen-bond donors (Lipinski definition) is 0. The van der Waals surface area contributed by atoms with E-state index in [4.69, 9.17) is 0 Å². The third-order valence-corrected chi connectivity index (χ3v) is 1.94. The fourth-order valence-electron chi connectivity index (χ4n) is 1.17. The third kappa shape index (κ3) is 1.87. The molecule has 0 fully saturated rings. The zero-order valence-corrected chi connectivity index (χ0v) is 7.62. The van der Waals surface area contributed by atoms with Crippen LogP contribution < -0.4 is 0 Å². The normalized spacial score (nSPS) is 10.5. The summed E-state index contributed by atoms with van der Waals surface area (Å²) < 4.78 is 52.2. The van der Waals surface area contributed by atoms with Crippen LogP contribution in [0, 0.1) is 23.3 Å². The maximum atomic E-state index is 13.1. The highest BCUT2D eigenvalue weighted by molar-refractivity contribution is 5.30. The van der Waals surface area contributed by atoms with Crippen molar-refractivity contribution < 1.29 is 22.7 Å². The van der Waals surface area contributed by atoms with E-state index >= 15 is 0 Å². The van der Waals surface area contributed by atoms with Crippen LogP contribution in [0.5, 0.6) is 0 Å². The Labute approximate surface area is 83.7 Å². The Hall–Kier alpha value is -1.36. The van der Waals surface area contributed by atoms with E-state index in [9.17, 15) is 22.7 Å². The average Bonchev–Trinajstić information content (AvgIpc) is 2.23. The van der Waals surface area contributed by atoms with E-state index in [1.54, 1.807) is 0 Å². The molecule has 5 heteroatoms. The van der Waals surface area contributed by atoms with Gasteiger partial charge >= 0.3 is 0 Å². The number of allylic oxidation sites excluding steroid dienone is 1. The van der Waals surface area contributed by atoms with Gasteiger partial charge in [0.1, 0.15) is 6.61 Å². The predicted octanol–water partition coefficient (Wildman–Crippen LogP) is 2.90. The highest BCUT2D eigenvalue weighted by Crippen LogP contribution is 2.24. The van der Waals surface area contributed by atoms with E-state index in [1.165, 1.54) is 0 Å². The molecule has 0 aliphatic rings. The Morgan fingerprint density at radius 3 is 1.67 bits per heavy atom. The Bertz CT molecular complexity index is 372. The summed E-state index contributed by atoms with van der Waals surface area (Å²) in [6.07, 6.45) is 0.766. The minimum absolute atomic E-state index is 0.343. The van der Waals surface area contributed by atoms with Crippen molar-refractivity contribution in [3.63, 3.8) is 0 Å². The van der Waals surface area contributed by atoms with Gasteiger partial charge in [-0.05, 0) is 6.42 Å². The van der Waals surface area contributed by atoms with Crippen molar-refractivity contribution in [2.75, 3.05) is 0 Å². The summed E-state index contributed by atoms with van der Waals surface area (Å²) >= 11 is 0. The maximum absolute atomic E-state index is 13.1. The Morgan fingerprint density at radius 1 is 0.933 bits per heavy atom. The fourth-order valence-corrected chi connectivity index (χ4v) is 1.17. The zero-order chi connectivity index (χ0) is 11.6. The lowest BCUT2D eigenvalue weighted by molar-refractivity contribution is 0.167. The first kappa shape index (κ1) is 11.7. The van der Waals surface area contributed by atoms with Crippen LogP contribution in [0.1, 0.15) is 11.1 Å². The summed E-state index contributed by atoms with van der Waals surface area (Å²) in [5, 5.41) is 10.3. The Kier molecular flexibility index (Phi) is 3.47. The number of halogens is 4. The van der Waals surface area contributed by atoms with Crippen molar-refractivity contribution in [1.29, 1.82) is 0 Å². The topological polar surface area (TPSA) is 19.9 Å². The molecule has 0 amide bonds. The molecule has 0 aromatic heterocycles. The van der Waals surface area contributed by atoms with E-state index < -0.39 is 41.0 Å².